The van der Waals surface area contributed by atoms with Gasteiger partial charge in [-0.25, -0.2) is 4.98 Å². The van der Waals surface area contributed by atoms with Crippen LogP contribution in [0, 0.1) is 5.92 Å². The van der Waals surface area contributed by atoms with Gasteiger partial charge in [0, 0.05) is 23.9 Å². The zero-order chi connectivity index (χ0) is 13.2. The molecule has 0 bridgehead atoms. The fourth-order valence-corrected chi connectivity index (χ4v) is 3.42. The molecule has 3 rings (SSSR count). The molecule has 0 saturated heterocycles. The van der Waals surface area contributed by atoms with Crippen molar-refractivity contribution in [1.29, 1.82) is 0 Å². The summed E-state index contributed by atoms with van der Waals surface area (Å²) in [6.45, 7) is 1.07. The van der Waals surface area contributed by atoms with Crippen LogP contribution in [-0.2, 0) is 13.0 Å². The second-order valence-corrected chi connectivity index (χ2v) is 6.18. The van der Waals surface area contributed by atoms with Gasteiger partial charge in [-0.15, -0.1) is 11.6 Å². The molecule has 0 radical (unpaired) electrons. The highest BCUT2D eigenvalue weighted by atomic mass is 35.5. The number of halogens is 2. The molecule has 1 aliphatic carbocycles. The number of rotatable bonds is 4. The third-order valence-electron chi connectivity index (χ3n) is 4.02. The number of hydrogen-bond donors (Lipinski definition) is 0. The van der Waals surface area contributed by atoms with E-state index in [-0.39, 0.29) is 0 Å². The Balaban J connectivity index is 2.00. The van der Waals surface area contributed by atoms with Gasteiger partial charge in [0.25, 0.3) is 0 Å². The first kappa shape index (κ1) is 13.3. The number of alkyl halides is 1. The van der Waals surface area contributed by atoms with E-state index >= 15 is 0 Å². The highest BCUT2D eigenvalue weighted by Crippen LogP contribution is 2.29. The Hall–Kier alpha value is -0.730. The van der Waals surface area contributed by atoms with E-state index < -0.39 is 0 Å². The SMILES string of the molecule is ClCCc1nc2cc(Cl)ccc2n1CC1CCCC1. The minimum absolute atomic E-state index is 0.613. The Morgan fingerprint density at radius 3 is 2.79 bits per heavy atom. The molecule has 0 amide bonds. The predicted molar refractivity (Wildman–Crippen MR) is 81.1 cm³/mol. The molecular formula is C15H18Cl2N2. The molecule has 1 aliphatic rings. The lowest BCUT2D eigenvalue weighted by Crippen LogP contribution is -2.11. The average molecular weight is 297 g/mol. The maximum absolute atomic E-state index is 6.05. The third kappa shape index (κ3) is 2.75. The number of aromatic nitrogens is 2. The summed E-state index contributed by atoms with van der Waals surface area (Å²) in [6, 6.07) is 5.97. The van der Waals surface area contributed by atoms with Crippen LogP contribution in [-0.4, -0.2) is 15.4 Å². The van der Waals surface area contributed by atoms with E-state index in [1.807, 2.05) is 12.1 Å². The number of benzene rings is 1. The average Bonchev–Trinajstić information content (AvgIpc) is 2.99. The maximum atomic E-state index is 6.05. The molecule has 0 N–H and O–H groups in total. The molecule has 1 saturated carbocycles. The van der Waals surface area contributed by atoms with Crippen LogP contribution in [0.4, 0.5) is 0 Å². The van der Waals surface area contributed by atoms with Crippen molar-refractivity contribution < 1.29 is 0 Å². The summed E-state index contributed by atoms with van der Waals surface area (Å²) in [6.07, 6.45) is 6.24. The largest absolute Gasteiger partial charge is 0.328 e. The molecule has 102 valence electrons. The van der Waals surface area contributed by atoms with Gasteiger partial charge >= 0.3 is 0 Å². The van der Waals surface area contributed by atoms with Crippen LogP contribution in [0.2, 0.25) is 5.02 Å². The zero-order valence-corrected chi connectivity index (χ0v) is 12.4. The highest BCUT2D eigenvalue weighted by Gasteiger charge is 2.19. The highest BCUT2D eigenvalue weighted by molar-refractivity contribution is 6.31. The minimum Gasteiger partial charge on any atom is -0.328 e. The van der Waals surface area contributed by atoms with Crippen molar-refractivity contribution in [3.8, 4) is 0 Å². The van der Waals surface area contributed by atoms with Crippen molar-refractivity contribution in [3.05, 3.63) is 29.0 Å². The van der Waals surface area contributed by atoms with Crippen molar-refractivity contribution in [3.63, 3.8) is 0 Å². The predicted octanol–water partition coefficient (Wildman–Crippen LogP) is 4.66. The van der Waals surface area contributed by atoms with Gasteiger partial charge in [0.2, 0.25) is 0 Å². The lowest BCUT2D eigenvalue weighted by molar-refractivity contribution is 0.455. The molecule has 0 unspecified atom stereocenters. The first-order chi connectivity index (χ1) is 9.28. The van der Waals surface area contributed by atoms with Crippen LogP contribution in [0.5, 0.6) is 0 Å². The fraction of sp³-hybridized carbons (Fsp3) is 0.533. The van der Waals surface area contributed by atoms with Gasteiger partial charge < -0.3 is 4.57 Å². The lowest BCUT2D eigenvalue weighted by Gasteiger charge is -2.13. The van der Waals surface area contributed by atoms with Crippen molar-refractivity contribution in [2.45, 2.75) is 38.6 Å². The van der Waals surface area contributed by atoms with Crippen LogP contribution < -0.4 is 0 Å². The zero-order valence-electron chi connectivity index (χ0n) is 10.9. The summed E-state index contributed by atoms with van der Waals surface area (Å²) < 4.78 is 2.35. The first-order valence-corrected chi connectivity index (χ1v) is 7.90. The van der Waals surface area contributed by atoms with Crippen molar-refractivity contribution in [2.24, 2.45) is 5.92 Å². The summed E-state index contributed by atoms with van der Waals surface area (Å²) in [7, 11) is 0. The van der Waals surface area contributed by atoms with E-state index in [1.54, 1.807) is 0 Å². The molecule has 2 nitrogen and oxygen atoms in total. The quantitative estimate of drug-likeness (QED) is 0.750. The van der Waals surface area contributed by atoms with Crippen molar-refractivity contribution in [2.75, 3.05) is 5.88 Å². The molecule has 4 heteroatoms. The summed E-state index contributed by atoms with van der Waals surface area (Å²) in [5.41, 5.74) is 2.18. The topological polar surface area (TPSA) is 17.8 Å². The summed E-state index contributed by atoms with van der Waals surface area (Å²) >= 11 is 12.0. The molecule has 1 heterocycles. The van der Waals surface area contributed by atoms with Crippen LogP contribution in [0.25, 0.3) is 11.0 Å². The Kier molecular flexibility index (Phi) is 3.99. The molecule has 0 aliphatic heterocycles. The number of imidazole rings is 1. The molecule has 0 atom stereocenters. The lowest BCUT2D eigenvalue weighted by atomic mass is 10.1. The second-order valence-electron chi connectivity index (χ2n) is 5.36. The molecule has 1 fully saturated rings. The fourth-order valence-electron chi connectivity index (χ4n) is 3.08. The van der Waals surface area contributed by atoms with Gasteiger partial charge in [-0.1, -0.05) is 24.4 Å². The molecule has 1 aromatic carbocycles. The second kappa shape index (κ2) is 5.72. The third-order valence-corrected chi connectivity index (χ3v) is 4.45. The first-order valence-electron chi connectivity index (χ1n) is 6.98. The van der Waals surface area contributed by atoms with E-state index in [4.69, 9.17) is 28.2 Å². The van der Waals surface area contributed by atoms with E-state index in [9.17, 15) is 0 Å². The maximum Gasteiger partial charge on any atom is 0.111 e. The van der Waals surface area contributed by atoms with Crippen molar-refractivity contribution in [1.82, 2.24) is 9.55 Å². The van der Waals surface area contributed by atoms with Crippen molar-refractivity contribution >= 4 is 34.2 Å². The van der Waals surface area contributed by atoms with Gasteiger partial charge in [0.15, 0.2) is 0 Å². The minimum atomic E-state index is 0.613. The van der Waals surface area contributed by atoms with Crippen LogP contribution in [0.15, 0.2) is 18.2 Å². The van der Waals surface area contributed by atoms with Crippen LogP contribution in [0.1, 0.15) is 31.5 Å². The van der Waals surface area contributed by atoms with Gasteiger partial charge in [0.1, 0.15) is 5.82 Å². The normalized spacial score (nSPS) is 16.5. The summed E-state index contributed by atoms with van der Waals surface area (Å²) in [5, 5.41) is 0.746. The van der Waals surface area contributed by atoms with E-state index in [0.717, 1.165) is 35.2 Å². The van der Waals surface area contributed by atoms with E-state index in [0.29, 0.717) is 5.88 Å². The van der Waals surface area contributed by atoms with E-state index in [1.165, 1.54) is 31.2 Å². The van der Waals surface area contributed by atoms with Crippen LogP contribution >= 0.6 is 23.2 Å². The van der Waals surface area contributed by atoms with Crippen LogP contribution in [0.3, 0.4) is 0 Å². The monoisotopic (exact) mass is 296 g/mol. The number of nitrogens with zero attached hydrogens (tertiary/aromatic N) is 2. The Morgan fingerprint density at radius 2 is 2.05 bits per heavy atom. The molecule has 2 aromatic rings. The number of hydrogen-bond acceptors (Lipinski definition) is 1. The van der Waals surface area contributed by atoms with Gasteiger partial charge in [-0.3, -0.25) is 0 Å². The van der Waals surface area contributed by atoms with Gasteiger partial charge in [-0.2, -0.15) is 0 Å². The molecular weight excluding hydrogens is 279 g/mol. The molecule has 1 aromatic heterocycles. The van der Waals surface area contributed by atoms with Gasteiger partial charge in [0.05, 0.1) is 11.0 Å². The van der Waals surface area contributed by atoms with E-state index in [2.05, 4.69) is 10.6 Å². The number of fused-ring (bicyclic) bond motifs is 1. The molecule has 0 spiro atoms. The molecule has 19 heavy (non-hydrogen) atoms. The summed E-state index contributed by atoms with van der Waals surface area (Å²) in [4.78, 5) is 4.70. The Labute approximate surface area is 123 Å². The Morgan fingerprint density at radius 1 is 1.26 bits per heavy atom. The Bertz CT molecular complexity index is 571. The standard InChI is InChI=1S/C15H18Cl2N2/c16-8-7-15-18-13-9-12(17)5-6-14(13)19(15)10-11-3-1-2-4-11/h5-6,9,11H,1-4,7-8,10H2. The van der Waals surface area contributed by atoms with Gasteiger partial charge in [-0.05, 0) is 37.0 Å². The summed E-state index contributed by atoms with van der Waals surface area (Å²) in [5.74, 6) is 2.50. The number of aryl methyl sites for hydroxylation is 1. The smallest absolute Gasteiger partial charge is 0.111 e.